The molecule has 1 aromatic heterocycles. The van der Waals surface area contributed by atoms with Crippen molar-refractivity contribution in [2.75, 3.05) is 12.3 Å². The Hall–Kier alpha value is -1.52. The van der Waals surface area contributed by atoms with Crippen molar-refractivity contribution in [3.05, 3.63) is 11.9 Å². The van der Waals surface area contributed by atoms with Crippen molar-refractivity contribution < 1.29 is 4.79 Å². The minimum absolute atomic E-state index is 0.0793. The molecule has 1 saturated carbocycles. The number of aromatic nitrogens is 2. The Labute approximate surface area is 126 Å². The summed E-state index contributed by atoms with van der Waals surface area (Å²) in [5, 5.41) is 4.21. The first-order valence-electron chi connectivity index (χ1n) is 8.25. The van der Waals surface area contributed by atoms with E-state index in [1.165, 1.54) is 19.3 Å². The molecule has 1 aromatic rings. The topological polar surface area (TPSA) is 64.2 Å². The molecule has 0 bridgehead atoms. The van der Waals surface area contributed by atoms with Gasteiger partial charge in [0, 0.05) is 19.1 Å². The summed E-state index contributed by atoms with van der Waals surface area (Å²) in [5.74, 6) is 1.47. The molecule has 2 N–H and O–H groups in total. The number of likely N-dealkylation sites (tertiary alicyclic amines) is 1. The normalized spacial score (nSPS) is 29.2. The highest BCUT2D eigenvalue weighted by atomic mass is 16.2. The standard InChI is InChI=1S/C16H26N4O/c1-3-20-15(13(17)10-18-20)16(21)19-9-8-11(2)12-6-4-5-7-14(12)19/h10-12,14H,3-9,17H2,1-2H3. The predicted molar refractivity (Wildman–Crippen MR) is 82.9 cm³/mol. The van der Waals surface area contributed by atoms with Gasteiger partial charge in [-0.3, -0.25) is 9.48 Å². The van der Waals surface area contributed by atoms with Crippen LogP contribution in [0.1, 0.15) is 56.4 Å². The molecule has 0 spiro atoms. The summed E-state index contributed by atoms with van der Waals surface area (Å²) in [6.45, 7) is 5.87. The lowest BCUT2D eigenvalue weighted by Gasteiger charge is -2.47. The molecule has 1 saturated heterocycles. The molecule has 1 amide bonds. The maximum Gasteiger partial charge on any atom is 0.274 e. The zero-order valence-electron chi connectivity index (χ0n) is 13.1. The van der Waals surface area contributed by atoms with Crippen LogP contribution >= 0.6 is 0 Å². The highest BCUT2D eigenvalue weighted by Crippen LogP contribution is 2.39. The maximum absolute atomic E-state index is 13.0. The number of carbonyl (C=O) groups is 1. The van der Waals surface area contributed by atoms with E-state index in [1.54, 1.807) is 10.9 Å². The van der Waals surface area contributed by atoms with E-state index in [2.05, 4.69) is 16.9 Å². The average molecular weight is 290 g/mol. The van der Waals surface area contributed by atoms with Crippen LogP contribution in [0.3, 0.4) is 0 Å². The first-order chi connectivity index (χ1) is 10.1. The molecule has 116 valence electrons. The number of piperidine rings is 1. The van der Waals surface area contributed by atoms with E-state index in [-0.39, 0.29) is 5.91 Å². The van der Waals surface area contributed by atoms with Gasteiger partial charge < -0.3 is 10.6 Å². The van der Waals surface area contributed by atoms with Crippen LogP contribution in [0.2, 0.25) is 0 Å². The Bertz CT molecular complexity index is 524. The fourth-order valence-electron chi connectivity index (χ4n) is 4.17. The van der Waals surface area contributed by atoms with Crippen molar-refractivity contribution in [2.24, 2.45) is 11.8 Å². The second-order valence-electron chi connectivity index (χ2n) is 6.54. The van der Waals surface area contributed by atoms with E-state index < -0.39 is 0 Å². The quantitative estimate of drug-likeness (QED) is 0.910. The Morgan fingerprint density at radius 1 is 1.38 bits per heavy atom. The Kier molecular flexibility index (Phi) is 3.91. The van der Waals surface area contributed by atoms with Crippen LogP contribution in [0.5, 0.6) is 0 Å². The molecule has 2 aliphatic rings. The van der Waals surface area contributed by atoms with Gasteiger partial charge in [0.1, 0.15) is 5.69 Å². The minimum atomic E-state index is 0.0793. The Morgan fingerprint density at radius 3 is 2.90 bits per heavy atom. The van der Waals surface area contributed by atoms with Crippen molar-refractivity contribution in [3.8, 4) is 0 Å². The molecule has 1 aliphatic carbocycles. The van der Waals surface area contributed by atoms with Gasteiger partial charge in [0.15, 0.2) is 0 Å². The zero-order chi connectivity index (χ0) is 15.0. The molecule has 0 radical (unpaired) electrons. The highest BCUT2D eigenvalue weighted by molar-refractivity contribution is 5.97. The van der Waals surface area contributed by atoms with Gasteiger partial charge in [-0.25, -0.2) is 0 Å². The summed E-state index contributed by atoms with van der Waals surface area (Å²) in [6.07, 6.45) is 7.65. The van der Waals surface area contributed by atoms with Crippen LogP contribution < -0.4 is 5.73 Å². The molecule has 2 fully saturated rings. The number of amides is 1. The van der Waals surface area contributed by atoms with Crippen molar-refractivity contribution in [1.29, 1.82) is 0 Å². The molecule has 3 rings (SSSR count). The number of nitrogen functional groups attached to an aromatic ring is 1. The van der Waals surface area contributed by atoms with E-state index in [0.29, 0.717) is 29.9 Å². The van der Waals surface area contributed by atoms with E-state index in [1.807, 2.05) is 6.92 Å². The third-order valence-corrected chi connectivity index (χ3v) is 5.37. The Balaban J connectivity index is 1.88. The fourth-order valence-corrected chi connectivity index (χ4v) is 4.17. The van der Waals surface area contributed by atoms with E-state index in [9.17, 15) is 4.79 Å². The van der Waals surface area contributed by atoms with Gasteiger partial charge in [-0.1, -0.05) is 19.8 Å². The molecule has 1 aliphatic heterocycles. The van der Waals surface area contributed by atoms with Gasteiger partial charge in [-0.2, -0.15) is 5.10 Å². The molecule has 3 atom stereocenters. The first kappa shape index (κ1) is 14.4. The molecular weight excluding hydrogens is 264 g/mol. The largest absolute Gasteiger partial charge is 0.396 e. The van der Waals surface area contributed by atoms with Crippen LogP contribution in [-0.2, 0) is 6.54 Å². The summed E-state index contributed by atoms with van der Waals surface area (Å²) in [6, 6.07) is 0.398. The van der Waals surface area contributed by atoms with Crippen LogP contribution in [0.4, 0.5) is 5.69 Å². The van der Waals surface area contributed by atoms with Crippen LogP contribution in [0.15, 0.2) is 6.20 Å². The van der Waals surface area contributed by atoms with Gasteiger partial charge >= 0.3 is 0 Å². The lowest BCUT2D eigenvalue weighted by atomic mass is 9.72. The lowest BCUT2D eigenvalue weighted by molar-refractivity contribution is 0.0209. The van der Waals surface area contributed by atoms with Gasteiger partial charge in [0.05, 0.1) is 11.9 Å². The summed E-state index contributed by atoms with van der Waals surface area (Å²) in [4.78, 5) is 15.1. The number of hydrogen-bond acceptors (Lipinski definition) is 3. The summed E-state index contributed by atoms with van der Waals surface area (Å²) >= 11 is 0. The second-order valence-corrected chi connectivity index (χ2v) is 6.54. The number of fused-ring (bicyclic) bond motifs is 1. The van der Waals surface area contributed by atoms with Crippen molar-refractivity contribution in [3.63, 3.8) is 0 Å². The second kappa shape index (κ2) is 5.70. The van der Waals surface area contributed by atoms with Crippen molar-refractivity contribution in [1.82, 2.24) is 14.7 Å². The summed E-state index contributed by atoms with van der Waals surface area (Å²) < 4.78 is 1.73. The van der Waals surface area contributed by atoms with Gasteiger partial charge in [-0.05, 0) is 38.0 Å². The molecule has 5 heteroatoms. The number of hydrogen-bond donors (Lipinski definition) is 1. The maximum atomic E-state index is 13.0. The SMILES string of the molecule is CCn1ncc(N)c1C(=O)N1CCC(C)C2CCCCC21. The number of aryl methyl sites for hydroxylation is 1. The third kappa shape index (κ3) is 2.43. The van der Waals surface area contributed by atoms with Crippen molar-refractivity contribution in [2.45, 2.75) is 58.5 Å². The van der Waals surface area contributed by atoms with Crippen molar-refractivity contribution >= 4 is 11.6 Å². The van der Waals surface area contributed by atoms with Gasteiger partial charge in [-0.15, -0.1) is 0 Å². The smallest absolute Gasteiger partial charge is 0.274 e. The highest BCUT2D eigenvalue weighted by Gasteiger charge is 2.40. The van der Waals surface area contributed by atoms with E-state index >= 15 is 0 Å². The molecule has 0 aromatic carbocycles. The monoisotopic (exact) mass is 290 g/mol. The van der Waals surface area contributed by atoms with Gasteiger partial charge in [0.2, 0.25) is 0 Å². The molecular formula is C16H26N4O. The molecule has 3 unspecified atom stereocenters. The number of anilines is 1. The van der Waals surface area contributed by atoms with E-state index in [0.717, 1.165) is 25.3 Å². The first-order valence-corrected chi connectivity index (χ1v) is 8.25. The average Bonchev–Trinajstić information content (AvgIpc) is 2.88. The summed E-state index contributed by atoms with van der Waals surface area (Å²) in [5.41, 5.74) is 7.08. The number of nitrogens with zero attached hydrogens (tertiary/aromatic N) is 3. The van der Waals surface area contributed by atoms with Crippen LogP contribution in [0, 0.1) is 11.8 Å². The molecule has 21 heavy (non-hydrogen) atoms. The van der Waals surface area contributed by atoms with Crippen LogP contribution in [0.25, 0.3) is 0 Å². The lowest BCUT2D eigenvalue weighted by Crippen LogP contribution is -2.52. The Morgan fingerprint density at radius 2 is 2.14 bits per heavy atom. The third-order valence-electron chi connectivity index (χ3n) is 5.37. The van der Waals surface area contributed by atoms with Gasteiger partial charge in [0.25, 0.3) is 5.91 Å². The number of carbonyl (C=O) groups excluding carboxylic acids is 1. The fraction of sp³-hybridized carbons (Fsp3) is 0.750. The summed E-state index contributed by atoms with van der Waals surface area (Å²) in [7, 11) is 0. The van der Waals surface area contributed by atoms with Crippen LogP contribution in [-0.4, -0.2) is 33.2 Å². The number of nitrogens with two attached hydrogens (primary N) is 1. The number of rotatable bonds is 2. The molecule has 5 nitrogen and oxygen atoms in total. The predicted octanol–water partition coefficient (Wildman–Crippen LogP) is 2.53. The van der Waals surface area contributed by atoms with E-state index in [4.69, 9.17) is 5.73 Å². The zero-order valence-corrected chi connectivity index (χ0v) is 13.1. The molecule has 2 heterocycles. The minimum Gasteiger partial charge on any atom is -0.396 e.